The van der Waals surface area contributed by atoms with E-state index >= 15 is 0 Å². The summed E-state index contributed by atoms with van der Waals surface area (Å²) in [5.74, 6) is 0.865. The molecular weight excluding hydrogens is 456 g/mol. The molecule has 0 heterocycles. The number of amides is 2. The number of fused-ring (bicyclic) bond motifs is 2. The maximum atomic E-state index is 14.2. The average Bonchev–Trinajstić information content (AvgIpc) is 2.88. The van der Waals surface area contributed by atoms with Gasteiger partial charge in [-0.25, -0.2) is 0 Å². The van der Waals surface area contributed by atoms with E-state index in [9.17, 15) is 9.59 Å². The Hall–Kier alpha value is -3.66. The topological polar surface area (TPSA) is 58.2 Å². The van der Waals surface area contributed by atoms with Gasteiger partial charge in [-0.1, -0.05) is 72.8 Å². The second-order valence-electron chi connectivity index (χ2n) is 11.7. The van der Waals surface area contributed by atoms with Crippen molar-refractivity contribution in [1.82, 2.24) is 0 Å². The second kappa shape index (κ2) is 8.72. The summed E-state index contributed by atoms with van der Waals surface area (Å²) in [6.45, 7) is 0. The van der Waals surface area contributed by atoms with Crippen molar-refractivity contribution in [2.24, 2.45) is 29.1 Å². The molecule has 0 atom stereocenters. The molecule has 0 spiro atoms. The molecule has 0 saturated heterocycles. The van der Waals surface area contributed by atoms with Gasteiger partial charge in [0.1, 0.15) is 5.92 Å². The van der Waals surface area contributed by atoms with Gasteiger partial charge >= 0.3 is 0 Å². The number of nitrogens with one attached hydrogen (secondary N) is 2. The minimum atomic E-state index is -0.723. The maximum Gasteiger partial charge on any atom is 0.237 e. The Bertz CT molecular complexity index is 1380. The van der Waals surface area contributed by atoms with Gasteiger partial charge in [0.2, 0.25) is 11.8 Å². The zero-order valence-corrected chi connectivity index (χ0v) is 21.0. The van der Waals surface area contributed by atoms with Gasteiger partial charge < -0.3 is 10.6 Å². The van der Waals surface area contributed by atoms with Gasteiger partial charge in [-0.05, 0) is 84.6 Å². The fraction of sp³-hybridized carbons (Fsp3) is 0.333. The van der Waals surface area contributed by atoms with E-state index < -0.39 is 5.92 Å². The van der Waals surface area contributed by atoms with E-state index in [1.165, 1.54) is 19.3 Å². The van der Waals surface area contributed by atoms with Crippen LogP contribution in [0.25, 0.3) is 21.5 Å². The molecule has 186 valence electrons. The third-order valence-electron chi connectivity index (χ3n) is 9.32. The van der Waals surface area contributed by atoms with Gasteiger partial charge in [-0.15, -0.1) is 0 Å². The van der Waals surface area contributed by atoms with Crippen molar-refractivity contribution in [1.29, 1.82) is 0 Å². The Kier molecular flexibility index (Phi) is 5.31. The van der Waals surface area contributed by atoms with Crippen LogP contribution >= 0.6 is 0 Å². The molecule has 0 aromatic heterocycles. The van der Waals surface area contributed by atoms with Crippen LogP contribution in [0.3, 0.4) is 0 Å². The summed E-state index contributed by atoms with van der Waals surface area (Å²) in [7, 11) is 0. The summed E-state index contributed by atoms with van der Waals surface area (Å²) in [6, 6.07) is 28.1. The third-order valence-corrected chi connectivity index (χ3v) is 9.32. The molecule has 0 unspecified atom stereocenters. The highest BCUT2D eigenvalue weighted by molar-refractivity contribution is 6.15. The van der Waals surface area contributed by atoms with Crippen molar-refractivity contribution in [3.63, 3.8) is 0 Å². The first-order valence-corrected chi connectivity index (χ1v) is 13.7. The van der Waals surface area contributed by atoms with Crippen molar-refractivity contribution >= 4 is 44.7 Å². The minimum Gasteiger partial charge on any atom is -0.325 e. The average molecular weight is 489 g/mol. The van der Waals surface area contributed by atoms with Gasteiger partial charge in [-0.2, -0.15) is 0 Å². The molecular formula is C33H32N2O2. The first kappa shape index (κ1) is 22.5. The predicted octanol–water partition coefficient (Wildman–Crippen LogP) is 7.40. The van der Waals surface area contributed by atoms with E-state index in [4.69, 9.17) is 0 Å². The molecule has 2 N–H and O–H groups in total. The fourth-order valence-electron chi connectivity index (χ4n) is 8.29. The smallest absolute Gasteiger partial charge is 0.237 e. The van der Waals surface area contributed by atoms with Crippen molar-refractivity contribution in [2.45, 2.75) is 38.5 Å². The molecule has 4 fully saturated rings. The first-order chi connectivity index (χ1) is 18.1. The van der Waals surface area contributed by atoms with Crippen molar-refractivity contribution in [3.05, 3.63) is 84.9 Å². The standard InChI is InChI=1S/C33H32N2O2/c36-31(34-28-13-5-9-24-7-1-3-11-26(24)28)30(33-18-21-15-22(19-33)17-23(16-21)20-33)32(37)35-29-14-6-10-25-8-2-4-12-27(25)29/h1-14,21-23,30H,15-20H2,(H,34,36)(H,35,37). The summed E-state index contributed by atoms with van der Waals surface area (Å²) in [4.78, 5) is 28.4. The maximum absolute atomic E-state index is 14.2. The highest BCUT2D eigenvalue weighted by atomic mass is 16.2. The first-order valence-electron chi connectivity index (χ1n) is 13.7. The van der Waals surface area contributed by atoms with Crippen LogP contribution in [0.4, 0.5) is 11.4 Å². The molecule has 0 radical (unpaired) electrons. The van der Waals surface area contributed by atoms with E-state index in [2.05, 4.69) is 34.9 Å². The largest absolute Gasteiger partial charge is 0.325 e. The summed E-state index contributed by atoms with van der Waals surface area (Å²) in [5.41, 5.74) is 1.28. The molecule has 4 heteroatoms. The number of rotatable bonds is 5. The van der Waals surface area contributed by atoms with E-state index in [0.717, 1.165) is 52.2 Å². The van der Waals surface area contributed by atoms with Crippen LogP contribution < -0.4 is 10.6 Å². The van der Waals surface area contributed by atoms with Gasteiger partial charge in [-0.3, -0.25) is 9.59 Å². The zero-order chi connectivity index (χ0) is 25.0. The number of carbonyl (C=O) groups excluding carboxylic acids is 2. The molecule has 4 aliphatic carbocycles. The van der Waals surface area contributed by atoms with Crippen molar-refractivity contribution in [3.8, 4) is 0 Å². The molecule has 8 rings (SSSR count). The molecule has 4 aliphatic rings. The van der Waals surface area contributed by atoms with E-state index in [0.29, 0.717) is 17.8 Å². The molecule has 4 bridgehead atoms. The quantitative estimate of drug-likeness (QED) is 0.288. The normalized spacial score (nSPS) is 26.0. The lowest BCUT2D eigenvalue weighted by Gasteiger charge is -2.58. The number of hydrogen-bond acceptors (Lipinski definition) is 2. The van der Waals surface area contributed by atoms with Crippen molar-refractivity contribution < 1.29 is 9.59 Å². The number of anilines is 2. The monoisotopic (exact) mass is 488 g/mol. The number of hydrogen-bond donors (Lipinski definition) is 2. The van der Waals surface area contributed by atoms with Gasteiger partial charge in [0.15, 0.2) is 0 Å². The highest BCUT2D eigenvalue weighted by Gasteiger charge is 2.58. The summed E-state index contributed by atoms with van der Waals surface area (Å²) >= 11 is 0. The molecule has 2 amide bonds. The Labute approximate surface area is 217 Å². The van der Waals surface area contributed by atoms with Crippen LogP contribution in [0.1, 0.15) is 38.5 Å². The fourth-order valence-corrected chi connectivity index (χ4v) is 8.29. The Morgan fingerprint density at radius 3 is 1.46 bits per heavy atom. The number of carbonyl (C=O) groups is 2. The second-order valence-corrected chi connectivity index (χ2v) is 11.7. The highest BCUT2D eigenvalue weighted by Crippen LogP contribution is 2.63. The van der Waals surface area contributed by atoms with E-state index in [1.807, 2.05) is 60.7 Å². The SMILES string of the molecule is O=C(Nc1cccc2ccccc12)C(C(=O)Nc1cccc2ccccc12)C12CC3CC(CC(C3)C1)C2. The predicted molar refractivity (Wildman–Crippen MR) is 149 cm³/mol. The van der Waals surface area contributed by atoms with Gasteiger partial charge in [0.25, 0.3) is 0 Å². The van der Waals surface area contributed by atoms with Gasteiger partial charge in [0.05, 0.1) is 0 Å². The van der Waals surface area contributed by atoms with Crippen LogP contribution in [0.15, 0.2) is 84.9 Å². The molecule has 37 heavy (non-hydrogen) atoms. The molecule has 4 nitrogen and oxygen atoms in total. The van der Waals surface area contributed by atoms with Gasteiger partial charge in [0, 0.05) is 22.1 Å². The lowest BCUT2D eigenvalue weighted by atomic mass is 9.46. The van der Waals surface area contributed by atoms with Crippen LogP contribution in [-0.2, 0) is 9.59 Å². The lowest BCUT2D eigenvalue weighted by Crippen LogP contribution is -2.55. The third kappa shape index (κ3) is 3.90. The van der Waals surface area contributed by atoms with E-state index in [-0.39, 0.29) is 17.2 Å². The van der Waals surface area contributed by atoms with Crippen molar-refractivity contribution in [2.75, 3.05) is 10.6 Å². The summed E-state index contributed by atoms with van der Waals surface area (Å²) in [6.07, 6.45) is 6.74. The Morgan fingerprint density at radius 1 is 0.595 bits per heavy atom. The van der Waals surface area contributed by atoms with Crippen LogP contribution in [-0.4, -0.2) is 11.8 Å². The molecule has 4 aromatic carbocycles. The Balaban J connectivity index is 1.27. The minimum absolute atomic E-state index is 0.170. The summed E-state index contributed by atoms with van der Waals surface area (Å²) < 4.78 is 0. The molecule has 4 saturated carbocycles. The van der Waals surface area contributed by atoms with E-state index in [1.54, 1.807) is 0 Å². The molecule has 4 aromatic rings. The number of benzene rings is 4. The van der Waals surface area contributed by atoms with Crippen LogP contribution in [0, 0.1) is 29.1 Å². The zero-order valence-electron chi connectivity index (χ0n) is 21.0. The summed E-state index contributed by atoms with van der Waals surface area (Å²) in [5, 5.41) is 10.6. The van der Waals surface area contributed by atoms with Crippen LogP contribution in [0.5, 0.6) is 0 Å². The lowest BCUT2D eigenvalue weighted by molar-refractivity contribution is -0.147. The molecule has 0 aliphatic heterocycles. The van der Waals surface area contributed by atoms with Crippen LogP contribution in [0.2, 0.25) is 0 Å². The Morgan fingerprint density at radius 2 is 1.00 bits per heavy atom.